The van der Waals surface area contributed by atoms with Gasteiger partial charge in [0.05, 0.1) is 6.61 Å². The molecular formula is C10H11FN2O5. The highest BCUT2D eigenvalue weighted by atomic mass is 19.1. The lowest BCUT2D eigenvalue weighted by atomic mass is 10.1. The molecule has 0 aromatic carbocycles. The lowest BCUT2D eigenvalue weighted by molar-refractivity contribution is -0.0884. The number of aromatic nitrogens is 2. The highest BCUT2D eigenvalue weighted by Crippen LogP contribution is 2.65. The van der Waals surface area contributed by atoms with Crippen LogP contribution in [0.3, 0.4) is 0 Å². The monoisotopic (exact) mass is 258 g/mol. The molecule has 7 nitrogen and oxygen atoms in total. The molecule has 1 aliphatic heterocycles. The minimum atomic E-state index is -2.11. The highest BCUT2D eigenvalue weighted by molar-refractivity contribution is 5.28. The molecule has 2 aliphatic rings. The quantitative estimate of drug-likeness (QED) is 0.584. The van der Waals surface area contributed by atoms with Gasteiger partial charge < -0.3 is 14.9 Å². The molecule has 4 atom stereocenters. The summed E-state index contributed by atoms with van der Waals surface area (Å²) in [6, 6.07) is 1.06. The Hall–Kier alpha value is -1.51. The van der Waals surface area contributed by atoms with Crippen LogP contribution >= 0.6 is 0 Å². The van der Waals surface area contributed by atoms with Gasteiger partial charge in [0.1, 0.15) is 11.7 Å². The Morgan fingerprint density at radius 1 is 1.61 bits per heavy atom. The number of ether oxygens (including phenoxy) is 1. The van der Waals surface area contributed by atoms with Crippen molar-refractivity contribution >= 4 is 0 Å². The Labute approximate surface area is 99.4 Å². The third-order valence-electron chi connectivity index (χ3n) is 3.61. The van der Waals surface area contributed by atoms with Crippen molar-refractivity contribution < 1.29 is 19.3 Å². The lowest BCUT2D eigenvalue weighted by Gasteiger charge is -2.19. The number of aliphatic hydroxyl groups is 2. The zero-order valence-corrected chi connectivity index (χ0v) is 9.17. The molecule has 3 N–H and O–H groups in total. The van der Waals surface area contributed by atoms with Gasteiger partial charge in [-0.3, -0.25) is 14.3 Å². The minimum Gasteiger partial charge on any atom is -0.394 e. The van der Waals surface area contributed by atoms with Crippen molar-refractivity contribution in [1.29, 1.82) is 0 Å². The minimum absolute atomic E-state index is 0.207. The van der Waals surface area contributed by atoms with Crippen molar-refractivity contribution in [2.75, 3.05) is 6.61 Å². The molecule has 1 aliphatic carbocycles. The first-order valence-electron chi connectivity index (χ1n) is 5.41. The Kier molecular flexibility index (Phi) is 2.11. The number of alkyl halides is 1. The molecule has 0 spiro atoms. The van der Waals surface area contributed by atoms with Crippen LogP contribution in [0.2, 0.25) is 0 Å². The first-order chi connectivity index (χ1) is 8.42. The van der Waals surface area contributed by atoms with Crippen molar-refractivity contribution in [2.45, 2.75) is 30.0 Å². The van der Waals surface area contributed by atoms with Crippen molar-refractivity contribution in [3.8, 4) is 0 Å². The van der Waals surface area contributed by atoms with Gasteiger partial charge in [-0.05, 0) is 0 Å². The van der Waals surface area contributed by atoms with Gasteiger partial charge in [-0.1, -0.05) is 0 Å². The molecule has 0 bridgehead atoms. The van der Waals surface area contributed by atoms with Crippen LogP contribution in [0.4, 0.5) is 4.39 Å². The van der Waals surface area contributed by atoms with Crippen molar-refractivity contribution in [1.82, 2.24) is 9.55 Å². The summed E-state index contributed by atoms with van der Waals surface area (Å²) >= 11 is 0. The van der Waals surface area contributed by atoms with Crippen LogP contribution in [0.25, 0.3) is 0 Å². The number of aliphatic hydroxyl groups excluding tert-OH is 1. The van der Waals surface area contributed by atoms with E-state index in [1.54, 1.807) is 0 Å². The van der Waals surface area contributed by atoms with Gasteiger partial charge in [-0.2, -0.15) is 0 Å². The molecule has 1 aromatic heterocycles. The summed E-state index contributed by atoms with van der Waals surface area (Å²) in [5.41, 5.74) is -5.30. The van der Waals surface area contributed by atoms with Gasteiger partial charge in [0.15, 0.2) is 11.9 Å². The van der Waals surface area contributed by atoms with Crippen molar-refractivity contribution in [3.05, 3.63) is 33.1 Å². The number of hydrogen-bond acceptors (Lipinski definition) is 5. The smallest absolute Gasteiger partial charge is 0.330 e. The van der Waals surface area contributed by atoms with E-state index in [-0.39, 0.29) is 6.42 Å². The first kappa shape index (κ1) is 11.6. The van der Waals surface area contributed by atoms with Crippen molar-refractivity contribution in [2.24, 2.45) is 0 Å². The van der Waals surface area contributed by atoms with Crippen molar-refractivity contribution in [3.63, 3.8) is 0 Å². The molecule has 0 amide bonds. The molecule has 0 unspecified atom stereocenters. The van der Waals surface area contributed by atoms with Gasteiger partial charge in [0.25, 0.3) is 5.56 Å². The number of H-pyrrole nitrogens is 1. The number of nitrogens with one attached hydrogen (secondary N) is 1. The number of rotatable bonds is 2. The molecule has 18 heavy (non-hydrogen) atoms. The molecular weight excluding hydrogens is 247 g/mol. The maximum absolute atomic E-state index is 14.4. The summed E-state index contributed by atoms with van der Waals surface area (Å²) in [6.45, 7) is -0.545. The number of fused-ring (bicyclic) bond motifs is 1. The standard InChI is InChI=1S/C10H11FN2O5/c11-9-4-10(9,17)5(3-14)18-7(9)13-2-1-6(15)12-8(13)16/h1-2,5,7,14,17H,3-4H2,(H,12,15,16)/t5-,7-,9+,10+/m1/s1. The fraction of sp³-hybridized carbons (Fsp3) is 0.600. The molecule has 3 rings (SSSR count). The number of aromatic amines is 1. The summed E-state index contributed by atoms with van der Waals surface area (Å²) in [5, 5.41) is 18.9. The Morgan fingerprint density at radius 3 is 2.89 bits per heavy atom. The molecule has 1 saturated carbocycles. The van der Waals surface area contributed by atoms with Crippen LogP contribution in [0.15, 0.2) is 21.9 Å². The predicted octanol–water partition coefficient (Wildman–Crippen LogP) is -1.73. The van der Waals surface area contributed by atoms with Crippen LogP contribution in [-0.4, -0.2) is 43.7 Å². The molecule has 1 aromatic rings. The number of hydrogen-bond donors (Lipinski definition) is 3. The molecule has 2 fully saturated rings. The van der Waals surface area contributed by atoms with Gasteiger partial charge in [-0.15, -0.1) is 0 Å². The number of nitrogens with zero attached hydrogens (tertiary/aromatic N) is 1. The Bertz CT molecular complexity index is 613. The maximum Gasteiger partial charge on any atom is 0.330 e. The topological polar surface area (TPSA) is 105 Å². The SMILES string of the molecule is O=c1ccn([C@@H]2O[C@H](CO)[C@@]3(O)C[C@]23F)c(=O)[nH]1. The second kappa shape index (κ2) is 3.28. The van der Waals surface area contributed by atoms with E-state index in [9.17, 15) is 19.1 Å². The average molecular weight is 258 g/mol. The zero-order valence-electron chi connectivity index (χ0n) is 9.17. The van der Waals surface area contributed by atoms with Gasteiger partial charge in [0, 0.05) is 18.7 Å². The molecule has 1 saturated heterocycles. The summed E-state index contributed by atoms with van der Waals surface area (Å²) < 4.78 is 20.4. The normalized spacial score (nSPS) is 41.7. The maximum atomic E-state index is 14.4. The third-order valence-corrected chi connectivity index (χ3v) is 3.61. The third kappa shape index (κ3) is 1.22. The second-order valence-electron chi connectivity index (χ2n) is 4.64. The molecule has 98 valence electrons. The predicted molar refractivity (Wildman–Crippen MR) is 55.7 cm³/mol. The summed E-state index contributed by atoms with van der Waals surface area (Å²) in [6.07, 6.45) is -1.53. The largest absolute Gasteiger partial charge is 0.394 e. The van der Waals surface area contributed by atoms with Gasteiger partial charge in [-0.25, -0.2) is 9.18 Å². The lowest BCUT2D eigenvalue weighted by Crippen LogP contribution is -2.36. The first-order valence-corrected chi connectivity index (χ1v) is 5.41. The Morgan fingerprint density at radius 2 is 2.33 bits per heavy atom. The molecule has 0 radical (unpaired) electrons. The van der Waals surface area contributed by atoms with E-state index in [1.807, 2.05) is 4.98 Å². The second-order valence-corrected chi connectivity index (χ2v) is 4.64. The van der Waals surface area contributed by atoms with Crippen LogP contribution in [-0.2, 0) is 4.74 Å². The summed E-state index contributed by atoms with van der Waals surface area (Å²) in [7, 11) is 0. The van der Waals surface area contributed by atoms with Crippen LogP contribution in [0, 0.1) is 0 Å². The van der Waals surface area contributed by atoms with E-state index in [2.05, 4.69) is 0 Å². The van der Waals surface area contributed by atoms with E-state index >= 15 is 0 Å². The van der Waals surface area contributed by atoms with Gasteiger partial charge in [0.2, 0.25) is 0 Å². The van der Waals surface area contributed by atoms with E-state index in [1.165, 1.54) is 0 Å². The summed E-state index contributed by atoms with van der Waals surface area (Å²) in [5.74, 6) is 0. The van der Waals surface area contributed by atoms with Crippen LogP contribution < -0.4 is 11.2 Å². The summed E-state index contributed by atoms with van der Waals surface area (Å²) in [4.78, 5) is 24.4. The van der Waals surface area contributed by atoms with E-state index in [0.717, 1.165) is 16.8 Å². The van der Waals surface area contributed by atoms with E-state index in [4.69, 9.17) is 9.84 Å². The van der Waals surface area contributed by atoms with E-state index in [0.29, 0.717) is 0 Å². The van der Waals surface area contributed by atoms with Gasteiger partial charge >= 0.3 is 5.69 Å². The fourth-order valence-corrected chi connectivity index (χ4v) is 2.50. The zero-order chi connectivity index (χ0) is 13.1. The fourth-order valence-electron chi connectivity index (χ4n) is 2.50. The molecule has 8 heteroatoms. The number of halogens is 1. The van der Waals surface area contributed by atoms with E-state index < -0.39 is 41.5 Å². The molecule has 2 heterocycles. The van der Waals surface area contributed by atoms with Crippen LogP contribution in [0.1, 0.15) is 12.6 Å². The highest BCUT2D eigenvalue weighted by Gasteiger charge is 2.82. The van der Waals surface area contributed by atoms with Crippen LogP contribution in [0.5, 0.6) is 0 Å². The average Bonchev–Trinajstić information content (AvgIpc) is 2.79. The Balaban J connectivity index is 2.04.